The standard InChI is InChI=1S/C26H29N5O3/c1-6-15-33-24(32)22-17(2)27-25-28-29-30-31(25)23(22)20-9-7-8-10-21(20)34-16-18-11-13-19(14-12-18)26(3,4)5/h6-14,23H,1,15-16H2,2-5H3,(H,27,28,30). The van der Waals surface area contributed by atoms with E-state index in [9.17, 15) is 4.79 Å². The highest BCUT2D eigenvalue weighted by Gasteiger charge is 2.36. The molecule has 0 saturated carbocycles. The molecule has 1 aliphatic rings. The molecule has 34 heavy (non-hydrogen) atoms. The fourth-order valence-electron chi connectivity index (χ4n) is 3.88. The van der Waals surface area contributed by atoms with E-state index in [1.807, 2.05) is 24.3 Å². The number of ether oxygens (including phenoxy) is 2. The number of aromatic nitrogens is 4. The van der Waals surface area contributed by atoms with Gasteiger partial charge < -0.3 is 14.8 Å². The molecule has 1 aliphatic heterocycles. The number of hydrogen-bond acceptors (Lipinski definition) is 7. The number of carbonyl (C=O) groups is 1. The van der Waals surface area contributed by atoms with Gasteiger partial charge in [0.25, 0.3) is 0 Å². The maximum Gasteiger partial charge on any atom is 0.338 e. The summed E-state index contributed by atoms with van der Waals surface area (Å²) in [5, 5.41) is 15.0. The molecule has 2 aromatic carbocycles. The Morgan fingerprint density at radius 1 is 1.18 bits per heavy atom. The first kappa shape index (κ1) is 23.2. The van der Waals surface area contributed by atoms with E-state index in [4.69, 9.17) is 9.47 Å². The van der Waals surface area contributed by atoms with Crippen molar-refractivity contribution in [3.05, 3.63) is 89.1 Å². The Morgan fingerprint density at radius 3 is 2.62 bits per heavy atom. The van der Waals surface area contributed by atoms with Gasteiger partial charge in [0.1, 0.15) is 25.0 Å². The number of nitrogens with one attached hydrogen (secondary N) is 1. The van der Waals surface area contributed by atoms with Crippen molar-refractivity contribution < 1.29 is 14.3 Å². The van der Waals surface area contributed by atoms with Crippen LogP contribution in [0.3, 0.4) is 0 Å². The van der Waals surface area contributed by atoms with Gasteiger partial charge in [-0.3, -0.25) is 0 Å². The van der Waals surface area contributed by atoms with Gasteiger partial charge >= 0.3 is 5.97 Å². The lowest BCUT2D eigenvalue weighted by molar-refractivity contribution is -0.138. The number of hydrogen-bond donors (Lipinski definition) is 1. The van der Waals surface area contributed by atoms with Crippen LogP contribution in [-0.2, 0) is 21.6 Å². The van der Waals surface area contributed by atoms with E-state index in [0.717, 1.165) is 11.1 Å². The van der Waals surface area contributed by atoms with Crippen molar-refractivity contribution in [2.75, 3.05) is 11.9 Å². The Hall–Kier alpha value is -3.94. The summed E-state index contributed by atoms with van der Waals surface area (Å²) < 4.78 is 13.2. The van der Waals surface area contributed by atoms with Gasteiger partial charge in [-0.2, -0.15) is 4.68 Å². The minimum Gasteiger partial charge on any atom is -0.489 e. The molecule has 0 fully saturated rings. The number of para-hydroxylation sites is 1. The second-order valence-electron chi connectivity index (χ2n) is 9.17. The largest absolute Gasteiger partial charge is 0.489 e. The quantitative estimate of drug-likeness (QED) is 0.409. The molecule has 8 nitrogen and oxygen atoms in total. The third-order valence-corrected chi connectivity index (χ3v) is 5.69. The van der Waals surface area contributed by atoms with Crippen molar-refractivity contribution in [1.29, 1.82) is 0 Å². The predicted molar refractivity (Wildman–Crippen MR) is 129 cm³/mol. The van der Waals surface area contributed by atoms with Gasteiger partial charge in [0.05, 0.1) is 5.57 Å². The number of esters is 1. The second kappa shape index (κ2) is 9.51. The van der Waals surface area contributed by atoms with Gasteiger partial charge in [-0.1, -0.05) is 81.0 Å². The van der Waals surface area contributed by atoms with Crippen LogP contribution in [0.1, 0.15) is 50.4 Å². The Labute approximate surface area is 199 Å². The molecule has 176 valence electrons. The molecule has 1 atom stereocenters. The lowest BCUT2D eigenvalue weighted by atomic mass is 9.87. The number of allylic oxidation sites excluding steroid dienone is 1. The molecule has 0 radical (unpaired) electrons. The zero-order valence-corrected chi connectivity index (χ0v) is 19.9. The smallest absolute Gasteiger partial charge is 0.338 e. The van der Waals surface area contributed by atoms with E-state index >= 15 is 0 Å². The highest BCUT2D eigenvalue weighted by atomic mass is 16.5. The third kappa shape index (κ3) is 4.71. The van der Waals surface area contributed by atoms with Crippen molar-refractivity contribution in [2.45, 2.75) is 45.8 Å². The number of rotatable bonds is 7. The zero-order valence-electron chi connectivity index (χ0n) is 19.9. The number of benzene rings is 2. The molecule has 0 aliphatic carbocycles. The Kier molecular flexibility index (Phi) is 6.49. The average Bonchev–Trinajstić information content (AvgIpc) is 3.28. The maximum atomic E-state index is 13.0. The first-order valence-corrected chi connectivity index (χ1v) is 11.1. The van der Waals surface area contributed by atoms with Gasteiger partial charge in [-0.15, -0.1) is 0 Å². The van der Waals surface area contributed by atoms with Crippen LogP contribution in [-0.4, -0.2) is 32.8 Å². The monoisotopic (exact) mass is 459 g/mol. The molecule has 4 rings (SSSR count). The number of carbonyl (C=O) groups excluding carboxylic acids is 1. The van der Waals surface area contributed by atoms with Crippen LogP contribution in [0.4, 0.5) is 5.95 Å². The highest BCUT2D eigenvalue weighted by molar-refractivity contribution is 5.92. The molecule has 0 spiro atoms. The number of anilines is 1. The molecule has 3 aromatic rings. The van der Waals surface area contributed by atoms with Crippen LogP contribution in [0.2, 0.25) is 0 Å². The number of nitrogens with zero attached hydrogens (tertiary/aromatic N) is 4. The normalized spacial score (nSPS) is 15.4. The molecule has 2 heterocycles. The topological polar surface area (TPSA) is 91.2 Å². The molecule has 1 aromatic heterocycles. The van der Waals surface area contributed by atoms with E-state index < -0.39 is 12.0 Å². The van der Waals surface area contributed by atoms with Gasteiger partial charge in [-0.25, -0.2) is 4.79 Å². The summed E-state index contributed by atoms with van der Waals surface area (Å²) in [6.07, 6.45) is 1.53. The summed E-state index contributed by atoms with van der Waals surface area (Å²) in [5.74, 6) is 0.608. The molecule has 0 saturated heterocycles. The highest BCUT2D eigenvalue weighted by Crippen LogP contribution is 2.39. The van der Waals surface area contributed by atoms with Gasteiger partial charge in [-0.05, 0) is 40.0 Å². The van der Waals surface area contributed by atoms with E-state index in [2.05, 4.69) is 72.5 Å². The summed E-state index contributed by atoms with van der Waals surface area (Å²) >= 11 is 0. The summed E-state index contributed by atoms with van der Waals surface area (Å²) in [5.41, 5.74) is 4.19. The van der Waals surface area contributed by atoms with Crippen LogP contribution in [0, 0.1) is 0 Å². The van der Waals surface area contributed by atoms with Crippen LogP contribution in [0.25, 0.3) is 0 Å². The van der Waals surface area contributed by atoms with Crippen molar-refractivity contribution >= 4 is 11.9 Å². The molecule has 1 N–H and O–H groups in total. The molecular formula is C26H29N5O3. The first-order valence-electron chi connectivity index (χ1n) is 11.1. The molecule has 8 heteroatoms. The van der Waals surface area contributed by atoms with Crippen molar-refractivity contribution in [3.63, 3.8) is 0 Å². The molecular weight excluding hydrogens is 430 g/mol. The van der Waals surface area contributed by atoms with Gasteiger partial charge in [0.2, 0.25) is 5.95 Å². The minimum absolute atomic E-state index is 0.0886. The number of fused-ring (bicyclic) bond motifs is 1. The van der Waals surface area contributed by atoms with E-state index in [1.54, 1.807) is 11.6 Å². The number of tetrazole rings is 1. The fourth-order valence-corrected chi connectivity index (χ4v) is 3.88. The Bertz CT molecular complexity index is 1220. The second-order valence-corrected chi connectivity index (χ2v) is 9.17. The van der Waals surface area contributed by atoms with Gasteiger partial charge in [0, 0.05) is 11.3 Å². The van der Waals surface area contributed by atoms with Crippen LogP contribution in [0.5, 0.6) is 5.75 Å². The summed E-state index contributed by atoms with van der Waals surface area (Å²) in [7, 11) is 0. The van der Waals surface area contributed by atoms with Crippen LogP contribution in [0.15, 0.2) is 72.5 Å². The lowest BCUT2D eigenvalue weighted by Gasteiger charge is -2.28. The average molecular weight is 460 g/mol. The van der Waals surface area contributed by atoms with Crippen LogP contribution >= 0.6 is 0 Å². The van der Waals surface area contributed by atoms with Crippen molar-refractivity contribution in [2.24, 2.45) is 0 Å². The maximum absolute atomic E-state index is 13.0. The van der Waals surface area contributed by atoms with E-state index in [1.165, 1.54) is 11.6 Å². The molecule has 1 unspecified atom stereocenters. The van der Waals surface area contributed by atoms with Crippen molar-refractivity contribution in [1.82, 2.24) is 20.2 Å². The third-order valence-electron chi connectivity index (χ3n) is 5.69. The summed E-state index contributed by atoms with van der Waals surface area (Å²) in [4.78, 5) is 13.0. The van der Waals surface area contributed by atoms with E-state index in [-0.39, 0.29) is 12.0 Å². The summed E-state index contributed by atoms with van der Waals surface area (Å²) in [6, 6.07) is 15.4. The fraction of sp³-hybridized carbons (Fsp3) is 0.308. The SMILES string of the molecule is C=CCOC(=O)C1=C(C)Nc2nnnn2C1c1ccccc1OCc1ccc(C(C)(C)C)cc1. The van der Waals surface area contributed by atoms with E-state index in [0.29, 0.717) is 29.6 Å². The Balaban J connectivity index is 1.66. The lowest BCUT2D eigenvalue weighted by Crippen LogP contribution is -2.30. The molecule has 0 bridgehead atoms. The predicted octanol–water partition coefficient (Wildman–Crippen LogP) is 4.57. The summed E-state index contributed by atoms with van der Waals surface area (Å²) in [6.45, 7) is 12.5. The Morgan fingerprint density at radius 2 is 1.91 bits per heavy atom. The zero-order chi connectivity index (χ0) is 24.3. The minimum atomic E-state index is -0.608. The van der Waals surface area contributed by atoms with Gasteiger partial charge in [0.15, 0.2) is 0 Å². The first-order chi connectivity index (χ1) is 16.3. The van der Waals surface area contributed by atoms with Crippen molar-refractivity contribution in [3.8, 4) is 5.75 Å². The molecule has 0 amide bonds. The van der Waals surface area contributed by atoms with Crippen LogP contribution < -0.4 is 10.1 Å².